The first-order valence-electron chi connectivity index (χ1n) is 12.3. The van der Waals surface area contributed by atoms with E-state index in [9.17, 15) is 0 Å². The van der Waals surface area contributed by atoms with Gasteiger partial charge in [-0.3, -0.25) is 0 Å². The van der Waals surface area contributed by atoms with Crippen LogP contribution in [0.25, 0.3) is 0 Å². The molecule has 0 amide bonds. The monoisotopic (exact) mass is 380 g/mol. The van der Waals surface area contributed by atoms with Crippen LogP contribution in [0.15, 0.2) is 47.6 Å². The molecule has 4 atom stereocenters. The minimum atomic E-state index is 0.383. The van der Waals surface area contributed by atoms with Gasteiger partial charge in [-0.2, -0.15) is 0 Å². The zero-order valence-corrected chi connectivity index (χ0v) is 19.6. The minimum Gasteiger partial charge on any atom is -0.0799 e. The van der Waals surface area contributed by atoms with Gasteiger partial charge in [0.2, 0.25) is 0 Å². The molecule has 0 aromatic heterocycles. The van der Waals surface area contributed by atoms with Gasteiger partial charge >= 0.3 is 0 Å². The third kappa shape index (κ3) is 3.20. The molecule has 3 rings (SSSR count). The fraction of sp³-hybridized carbons (Fsp3) is 0.714. The molecule has 28 heavy (non-hydrogen) atoms. The van der Waals surface area contributed by atoms with Crippen molar-refractivity contribution < 1.29 is 0 Å². The van der Waals surface area contributed by atoms with E-state index in [1.54, 1.807) is 11.1 Å². The first-order chi connectivity index (χ1) is 13.5. The van der Waals surface area contributed by atoms with Crippen LogP contribution in [0.4, 0.5) is 0 Å². The highest BCUT2D eigenvalue weighted by Crippen LogP contribution is 2.56. The minimum absolute atomic E-state index is 0.383. The van der Waals surface area contributed by atoms with E-state index in [-0.39, 0.29) is 0 Å². The van der Waals surface area contributed by atoms with Gasteiger partial charge in [-0.05, 0) is 90.1 Å². The number of hydrogen-bond acceptors (Lipinski definition) is 0. The highest BCUT2D eigenvalue weighted by molar-refractivity contribution is 5.39. The van der Waals surface area contributed by atoms with Crippen molar-refractivity contribution in [3.8, 4) is 0 Å². The van der Waals surface area contributed by atoms with Gasteiger partial charge < -0.3 is 0 Å². The SMILES string of the molecule is CCC(CC)(CC)C1=CC2C(C)C3C=C(C(CC)(CC)CC)C=CC3C2C=C1. The van der Waals surface area contributed by atoms with Gasteiger partial charge in [0.05, 0.1) is 0 Å². The molecule has 3 aliphatic rings. The van der Waals surface area contributed by atoms with Crippen LogP contribution in [0.1, 0.15) is 87.0 Å². The van der Waals surface area contributed by atoms with E-state index in [2.05, 4.69) is 84.9 Å². The molecular weight excluding hydrogens is 336 g/mol. The van der Waals surface area contributed by atoms with E-state index in [1.807, 2.05) is 0 Å². The molecule has 0 aliphatic heterocycles. The summed E-state index contributed by atoms with van der Waals surface area (Å²) in [4.78, 5) is 0. The number of rotatable bonds is 8. The summed E-state index contributed by atoms with van der Waals surface area (Å²) in [5, 5.41) is 0. The van der Waals surface area contributed by atoms with Crippen LogP contribution in [-0.4, -0.2) is 0 Å². The Morgan fingerprint density at radius 1 is 0.571 bits per heavy atom. The molecule has 0 aromatic rings. The van der Waals surface area contributed by atoms with Crippen LogP contribution < -0.4 is 0 Å². The maximum absolute atomic E-state index is 2.71. The molecule has 1 saturated carbocycles. The van der Waals surface area contributed by atoms with E-state index < -0.39 is 0 Å². The van der Waals surface area contributed by atoms with Crippen molar-refractivity contribution in [2.24, 2.45) is 40.4 Å². The Balaban J connectivity index is 1.93. The van der Waals surface area contributed by atoms with Crippen LogP contribution in [0.5, 0.6) is 0 Å². The lowest BCUT2D eigenvalue weighted by Gasteiger charge is -2.36. The molecule has 156 valence electrons. The Labute approximate surface area is 175 Å². The summed E-state index contributed by atoms with van der Waals surface area (Å²) in [7, 11) is 0. The Morgan fingerprint density at radius 2 is 0.893 bits per heavy atom. The van der Waals surface area contributed by atoms with E-state index >= 15 is 0 Å². The second-order valence-corrected chi connectivity index (χ2v) is 9.81. The van der Waals surface area contributed by atoms with Gasteiger partial charge in [0, 0.05) is 0 Å². The van der Waals surface area contributed by atoms with Gasteiger partial charge in [0.25, 0.3) is 0 Å². The van der Waals surface area contributed by atoms with Crippen molar-refractivity contribution in [3.63, 3.8) is 0 Å². The molecule has 0 bridgehead atoms. The second kappa shape index (κ2) is 8.37. The van der Waals surface area contributed by atoms with Gasteiger partial charge in [-0.25, -0.2) is 0 Å². The molecule has 0 nitrogen and oxygen atoms in total. The van der Waals surface area contributed by atoms with Crippen LogP contribution >= 0.6 is 0 Å². The molecule has 0 heteroatoms. The summed E-state index contributed by atoms with van der Waals surface area (Å²) in [6.07, 6.45) is 23.1. The highest BCUT2D eigenvalue weighted by atomic mass is 14.5. The fourth-order valence-corrected chi connectivity index (χ4v) is 6.90. The van der Waals surface area contributed by atoms with Crippen molar-refractivity contribution in [1.82, 2.24) is 0 Å². The largest absolute Gasteiger partial charge is 0.0799 e. The third-order valence-corrected chi connectivity index (χ3v) is 9.57. The van der Waals surface area contributed by atoms with Gasteiger partial charge in [-0.15, -0.1) is 0 Å². The van der Waals surface area contributed by atoms with Crippen LogP contribution in [0, 0.1) is 40.4 Å². The summed E-state index contributed by atoms with van der Waals surface area (Å²) in [5.41, 5.74) is 4.02. The number of fused-ring (bicyclic) bond motifs is 3. The Bertz CT molecular complexity index is 588. The second-order valence-electron chi connectivity index (χ2n) is 9.81. The standard InChI is InChI=1S/C28H44/c1-8-27(9-2,10-3)21-14-16-23-24-17-15-22(28(11-4,12-5)13-6)19-26(24)20(7)25(23)18-21/h14-20,23-26H,8-13H2,1-7H3. The number of hydrogen-bond donors (Lipinski definition) is 0. The third-order valence-electron chi connectivity index (χ3n) is 9.57. The van der Waals surface area contributed by atoms with Crippen molar-refractivity contribution in [2.45, 2.75) is 87.0 Å². The molecule has 0 saturated heterocycles. The lowest BCUT2D eigenvalue weighted by molar-refractivity contribution is 0.308. The quantitative estimate of drug-likeness (QED) is 0.396. The molecule has 0 heterocycles. The van der Waals surface area contributed by atoms with Crippen LogP contribution in [0.3, 0.4) is 0 Å². The highest BCUT2D eigenvalue weighted by Gasteiger charge is 2.48. The van der Waals surface area contributed by atoms with E-state index in [0.29, 0.717) is 34.5 Å². The fourth-order valence-electron chi connectivity index (χ4n) is 6.90. The molecule has 0 radical (unpaired) electrons. The van der Waals surface area contributed by atoms with Gasteiger partial charge in [-0.1, -0.05) is 84.9 Å². The molecule has 0 N–H and O–H groups in total. The van der Waals surface area contributed by atoms with Crippen molar-refractivity contribution >= 4 is 0 Å². The maximum Gasteiger partial charge on any atom is -0.00580 e. The van der Waals surface area contributed by atoms with E-state index in [1.165, 1.54) is 38.5 Å². The van der Waals surface area contributed by atoms with Gasteiger partial charge in [0.1, 0.15) is 0 Å². The molecule has 0 spiro atoms. The molecule has 1 fully saturated rings. The number of allylic oxidation sites excluding steroid dienone is 8. The van der Waals surface area contributed by atoms with Crippen LogP contribution in [-0.2, 0) is 0 Å². The van der Waals surface area contributed by atoms with Gasteiger partial charge in [0.15, 0.2) is 0 Å². The van der Waals surface area contributed by atoms with Crippen molar-refractivity contribution in [1.29, 1.82) is 0 Å². The zero-order valence-electron chi connectivity index (χ0n) is 19.6. The predicted octanol–water partition coefficient (Wildman–Crippen LogP) is 8.53. The van der Waals surface area contributed by atoms with Crippen LogP contribution in [0.2, 0.25) is 0 Å². The summed E-state index contributed by atoms with van der Waals surface area (Å²) < 4.78 is 0. The Kier molecular flexibility index (Phi) is 6.48. The van der Waals surface area contributed by atoms with Crippen molar-refractivity contribution in [2.75, 3.05) is 0 Å². The maximum atomic E-state index is 2.71. The van der Waals surface area contributed by atoms with Crippen molar-refractivity contribution in [3.05, 3.63) is 47.6 Å². The Morgan fingerprint density at radius 3 is 1.18 bits per heavy atom. The first kappa shape index (κ1) is 21.7. The first-order valence-corrected chi connectivity index (χ1v) is 12.3. The average molecular weight is 381 g/mol. The molecule has 0 aromatic carbocycles. The zero-order chi connectivity index (χ0) is 20.5. The molecule has 3 aliphatic carbocycles. The normalized spacial score (nSPS) is 32.0. The summed E-state index contributed by atoms with van der Waals surface area (Å²) >= 11 is 0. The molecule has 4 unspecified atom stereocenters. The van der Waals surface area contributed by atoms with E-state index in [4.69, 9.17) is 0 Å². The summed E-state index contributed by atoms with van der Waals surface area (Å²) in [6.45, 7) is 16.8. The molecular formula is C28H44. The topological polar surface area (TPSA) is 0 Å². The van der Waals surface area contributed by atoms with E-state index in [0.717, 1.165) is 5.92 Å². The lowest BCUT2D eigenvalue weighted by Crippen LogP contribution is -2.25. The lowest BCUT2D eigenvalue weighted by atomic mass is 9.68. The Hall–Kier alpha value is -1.04. The summed E-state index contributed by atoms with van der Waals surface area (Å²) in [5.74, 6) is 3.54. The smallest absolute Gasteiger partial charge is 0.00580 e. The summed E-state index contributed by atoms with van der Waals surface area (Å²) in [6, 6.07) is 0. The predicted molar refractivity (Wildman–Crippen MR) is 124 cm³/mol. The average Bonchev–Trinajstić information content (AvgIpc) is 3.03.